The van der Waals surface area contributed by atoms with Crippen LogP contribution in [0, 0.1) is 23.1 Å². The van der Waals surface area contributed by atoms with Gasteiger partial charge in [-0.3, -0.25) is 4.79 Å². The number of rotatable bonds is 4. The molecular weight excluding hydrogens is 315 g/mol. The summed E-state index contributed by atoms with van der Waals surface area (Å²) in [7, 11) is 0. The standard InChI is InChI=1S/C19H16F3NO/c1-11(2)18(24)17-14(10-23)7-13(9-16(17)20)12-5-4-6-15(8-12)19(3,21)22/h4-9,11H,1-3H3. The van der Waals surface area contributed by atoms with Gasteiger partial charge in [0.1, 0.15) is 11.9 Å². The highest BCUT2D eigenvalue weighted by atomic mass is 19.3. The van der Waals surface area contributed by atoms with Gasteiger partial charge in [-0.1, -0.05) is 32.0 Å². The van der Waals surface area contributed by atoms with Gasteiger partial charge in [0, 0.05) is 18.4 Å². The maximum absolute atomic E-state index is 14.4. The van der Waals surface area contributed by atoms with Gasteiger partial charge in [-0.05, 0) is 29.3 Å². The normalized spacial score (nSPS) is 11.4. The van der Waals surface area contributed by atoms with E-state index in [-0.39, 0.29) is 22.3 Å². The molecule has 0 bridgehead atoms. The quantitative estimate of drug-likeness (QED) is 0.712. The largest absolute Gasteiger partial charge is 0.294 e. The fraction of sp³-hybridized carbons (Fsp3) is 0.263. The zero-order chi connectivity index (χ0) is 18.1. The first kappa shape index (κ1) is 17.7. The molecule has 0 fully saturated rings. The lowest BCUT2D eigenvalue weighted by Crippen LogP contribution is -2.12. The minimum absolute atomic E-state index is 0.0997. The van der Waals surface area contributed by atoms with Gasteiger partial charge in [-0.25, -0.2) is 13.2 Å². The fourth-order valence-electron chi connectivity index (χ4n) is 2.37. The summed E-state index contributed by atoms with van der Waals surface area (Å²) in [5, 5.41) is 9.24. The zero-order valence-corrected chi connectivity index (χ0v) is 13.5. The molecule has 2 aromatic carbocycles. The minimum Gasteiger partial charge on any atom is -0.294 e. The first-order valence-corrected chi connectivity index (χ1v) is 7.41. The zero-order valence-electron chi connectivity index (χ0n) is 13.5. The minimum atomic E-state index is -3.03. The van der Waals surface area contributed by atoms with Crippen molar-refractivity contribution < 1.29 is 18.0 Å². The first-order chi connectivity index (χ1) is 11.1. The van der Waals surface area contributed by atoms with E-state index < -0.39 is 23.4 Å². The average Bonchev–Trinajstić information content (AvgIpc) is 2.52. The highest BCUT2D eigenvalue weighted by Gasteiger charge is 2.25. The second-order valence-corrected chi connectivity index (χ2v) is 5.98. The van der Waals surface area contributed by atoms with Gasteiger partial charge in [0.05, 0.1) is 11.1 Å². The molecule has 2 nitrogen and oxygen atoms in total. The Kier molecular flexibility index (Phi) is 4.79. The number of halogens is 3. The predicted octanol–water partition coefficient (Wildman–Crippen LogP) is 5.31. The molecule has 0 saturated carbocycles. The van der Waals surface area contributed by atoms with Crippen molar-refractivity contribution in [2.24, 2.45) is 5.92 Å². The molecule has 0 aliphatic rings. The van der Waals surface area contributed by atoms with Crippen molar-refractivity contribution in [1.82, 2.24) is 0 Å². The molecular formula is C19H16F3NO. The number of nitrogens with zero attached hydrogens (tertiary/aromatic N) is 1. The Bertz CT molecular complexity index is 829. The average molecular weight is 331 g/mol. The molecule has 0 heterocycles. The summed E-state index contributed by atoms with van der Waals surface area (Å²) < 4.78 is 41.3. The Morgan fingerprint density at radius 3 is 2.38 bits per heavy atom. The Morgan fingerprint density at radius 2 is 1.83 bits per heavy atom. The number of hydrogen-bond acceptors (Lipinski definition) is 2. The van der Waals surface area contributed by atoms with E-state index in [4.69, 9.17) is 0 Å². The van der Waals surface area contributed by atoms with Crippen LogP contribution in [-0.2, 0) is 5.92 Å². The lowest BCUT2D eigenvalue weighted by atomic mass is 9.92. The number of Topliss-reactive ketones (excluding diaryl/α,β-unsaturated/α-hetero) is 1. The summed E-state index contributed by atoms with van der Waals surface area (Å²) in [5.74, 6) is -4.78. The second-order valence-electron chi connectivity index (χ2n) is 5.98. The van der Waals surface area contributed by atoms with Crippen LogP contribution in [0.25, 0.3) is 11.1 Å². The predicted molar refractivity (Wildman–Crippen MR) is 85.3 cm³/mol. The molecule has 124 valence electrons. The number of benzene rings is 2. The van der Waals surface area contributed by atoms with Crippen LogP contribution in [-0.4, -0.2) is 5.78 Å². The van der Waals surface area contributed by atoms with E-state index in [1.165, 1.54) is 24.3 Å². The number of carbonyl (C=O) groups excluding carboxylic acids is 1. The molecule has 0 saturated heterocycles. The topological polar surface area (TPSA) is 40.9 Å². The van der Waals surface area contributed by atoms with Gasteiger partial charge in [0.2, 0.25) is 0 Å². The molecule has 0 unspecified atom stereocenters. The van der Waals surface area contributed by atoms with E-state index in [1.54, 1.807) is 19.9 Å². The molecule has 0 spiro atoms. The summed E-state index contributed by atoms with van der Waals surface area (Å²) in [4.78, 5) is 12.1. The molecule has 0 amide bonds. The third-order valence-corrected chi connectivity index (χ3v) is 3.68. The SMILES string of the molecule is CC(C)C(=O)c1c(F)cc(-c2cccc(C(C)(F)F)c2)cc1C#N. The number of ketones is 1. The molecule has 0 aliphatic heterocycles. The van der Waals surface area contributed by atoms with Crippen molar-refractivity contribution in [2.75, 3.05) is 0 Å². The maximum Gasteiger partial charge on any atom is 0.270 e. The molecule has 2 aromatic rings. The maximum atomic E-state index is 14.4. The van der Waals surface area contributed by atoms with Crippen LogP contribution in [0.1, 0.15) is 42.3 Å². The summed E-state index contributed by atoms with van der Waals surface area (Å²) in [5.41, 5.74) is 0.0651. The van der Waals surface area contributed by atoms with Gasteiger partial charge in [-0.15, -0.1) is 0 Å². The first-order valence-electron chi connectivity index (χ1n) is 7.41. The summed E-state index contributed by atoms with van der Waals surface area (Å²) in [6.45, 7) is 4.01. The van der Waals surface area contributed by atoms with E-state index in [0.29, 0.717) is 5.56 Å². The summed E-state index contributed by atoms with van der Waals surface area (Å²) in [6, 6.07) is 9.80. The number of carbonyl (C=O) groups is 1. The lowest BCUT2D eigenvalue weighted by Gasteiger charge is -2.13. The molecule has 2 rings (SSSR count). The molecule has 5 heteroatoms. The van der Waals surface area contributed by atoms with Crippen molar-refractivity contribution in [3.05, 3.63) is 58.9 Å². The number of nitriles is 1. The van der Waals surface area contributed by atoms with Gasteiger partial charge in [0.25, 0.3) is 5.92 Å². The van der Waals surface area contributed by atoms with Crippen LogP contribution in [0.3, 0.4) is 0 Å². The third kappa shape index (κ3) is 3.48. The van der Waals surface area contributed by atoms with Crippen LogP contribution in [0.4, 0.5) is 13.2 Å². The van der Waals surface area contributed by atoms with Gasteiger partial charge >= 0.3 is 0 Å². The third-order valence-electron chi connectivity index (χ3n) is 3.68. The van der Waals surface area contributed by atoms with Gasteiger partial charge < -0.3 is 0 Å². The van der Waals surface area contributed by atoms with Crippen LogP contribution in [0.2, 0.25) is 0 Å². The van der Waals surface area contributed by atoms with E-state index in [1.807, 2.05) is 6.07 Å². The highest BCUT2D eigenvalue weighted by molar-refractivity contribution is 6.00. The highest BCUT2D eigenvalue weighted by Crippen LogP contribution is 2.32. The smallest absolute Gasteiger partial charge is 0.270 e. The fourth-order valence-corrected chi connectivity index (χ4v) is 2.37. The van der Waals surface area contributed by atoms with E-state index >= 15 is 0 Å². The number of alkyl halides is 2. The van der Waals surface area contributed by atoms with Crippen molar-refractivity contribution >= 4 is 5.78 Å². The Hall–Kier alpha value is -2.61. The Balaban J connectivity index is 2.61. The van der Waals surface area contributed by atoms with E-state index in [2.05, 4.69) is 0 Å². The molecule has 0 atom stereocenters. The summed E-state index contributed by atoms with van der Waals surface area (Å²) >= 11 is 0. The van der Waals surface area contributed by atoms with Crippen LogP contribution < -0.4 is 0 Å². The van der Waals surface area contributed by atoms with Gasteiger partial charge in [-0.2, -0.15) is 5.26 Å². The second kappa shape index (κ2) is 6.48. The monoisotopic (exact) mass is 331 g/mol. The van der Waals surface area contributed by atoms with E-state index in [9.17, 15) is 23.2 Å². The number of hydrogen-bond donors (Lipinski definition) is 0. The molecule has 0 N–H and O–H groups in total. The molecule has 0 aliphatic carbocycles. The van der Waals surface area contributed by atoms with E-state index in [0.717, 1.165) is 13.0 Å². The molecule has 0 radical (unpaired) electrons. The molecule has 0 aromatic heterocycles. The van der Waals surface area contributed by atoms with Crippen molar-refractivity contribution in [1.29, 1.82) is 5.26 Å². The summed E-state index contributed by atoms with van der Waals surface area (Å²) in [6.07, 6.45) is 0. The van der Waals surface area contributed by atoms with Gasteiger partial charge in [0.15, 0.2) is 5.78 Å². The molecule has 24 heavy (non-hydrogen) atoms. The van der Waals surface area contributed by atoms with Crippen molar-refractivity contribution in [3.63, 3.8) is 0 Å². The van der Waals surface area contributed by atoms with Crippen LogP contribution >= 0.6 is 0 Å². The lowest BCUT2D eigenvalue weighted by molar-refractivity contribution is 0.0175. The Labute approximate surface area is 138 Å². The van der Waals surface area contributed by atoms with Crippen LogP contribution in [0.15, 0.2) is 36.4 Å². The van der Waals surface area contributed by atoms with Crippen molar-refractivity contribution in [3.8, 4) is 17.2 Å². The van der Waals surface area contributed by atoms with Crippen molar-refractivity contribution in [2.45, 2.75) is 26.7 Å². The Morgan fingerprint density at radius 1 is 1.17 bits per heavy atom. The van der Waals surface area contributed by atoms with Crippen LogP contribution in [0.5, 0.6) is 0 Å².